The fraction of sp³-hybridized carbons (Fsp3) is 0.929. The number of rotatable bonds is 8. The van der Waals surface area contributed by atoms with Crippen molar-refractivity contribution in [2.24, 2.45) is 17.8 Å². The van der Waals surface area contributed by atoms with Gasteiger partial charge in [-0.3, -0.25) is 4.79 Å². The molecule has 0 aromatic heterocycles. The highest BCUT2D eigenvalue weighted by atomic mass is 16.1. The van der Waals surface area contributed by atoms with E-state index in [4.69, 9.17) is 0 Å². The van der Waals surface area contributed by atoms with Crippen LogP contribution in [0, 0.1) is 17.8 Å². The van der Waals surface area contributed by atoms with Crippen molar-refractivity contribution < 1.29 is 4.79 Å². The molecule has 2 nitrogen and oxygen atoms in total. The maximum Gasteiger partial charge on any atom is 0.223 e. The Bertz CT molecular complexity index is 189. The third-order valence-corrected chi connectivity index (χ3v) is 3.52. The molecule has 16 heavy (non-hydrogen) atoms. The van der Waals surface area contributed by atoms with Crippen LogP contribution in [0.3, 0.4) is 0 Å². The summed E-state index contributed by atoms with van der Waals surface area (Å²) >= 11 is 0. The zero-order chi connectivity index (χ0) is 12.6. The van der Waals surface area contributed by atoms with Gasteiger partial charge in [0.2, 0.25) is 5.91 Å². The Labute approximate surface area is 101 Å². The van der Waals surface area contributed by atoms with Gasteiger partial charge >= 0.3 is 0 Å². The van der Waals surface area contributed by atoms with Crippen molar-refractivity contribution >= 4 is 5.91 Å². The molecule has 0 aromatic rings. The van der Waals surface area contributed by atoms with Crippen LogP contribution in [0.4, 0.5) is 0 Å². The van der Waals surface area contributed by atoms with E-state index in [-0.39, 0.29) is 11.8 Å². The molecular formula is C14H29NO. The second-order valence-corrected chi connectivity index (χ2v) is 5.19. The SMILES string of the molecule is CCCCC(CC)CNC(=O)C(C)C(C)C. The van der Waals surface area contributed by atoms with E-state index >= 15 is 0 Å². The molecule has 2 heteroatoms. The summed E-state index contributed by atoms with van der Waals surface area (Å²) < 4.78 is 0. The molecule has 0 fully saturated rings. The van der Waals surface area contributed by atoms with Crippen LogP contribution in [0.2, 0.25) is 0 Å². The van der Waals surface area contributed by atoms with Gasteiger partial charge in [0.15, 0.2) is 0 Å². The Balaban J connectivity index is 3.87. The minimum atomic E-state index is 0.128. The van der Waals surface area contributed by atoms with Gasteiger partial charge in [0.05, 0.1) is 0 Å². The molecule has 0 aromatic carbocycles. The second-order valence-electron chi connectivity index (χ2n) is 5.19. The number of hydrogen-bond donors (Lipinski definition) is 1. The van der Waals surface area contributed by atoms with E-state index in [9.17, 15) is 4.79 Å². The van der Waals surface area contributed by atoms with E-state index < -0.39 is 0 Å². The van der Waals surface area contributed by atoms with Gasteiger partial charge in [-0.15, -0.1) is 0 Å². The topological polar surface area (TPSA) is 29.1 Å². The minimum Gasteiger partial charge on any atom is -0.356 e. The van der Waals surface area contributed by atoms with Gasteiger partial charge in [-0.05, 0) is 18.3 Å². The average Bonchev–Trinajstić information content (AvgIpc) is 2.27. The van der Waals surface area contributed by atoms with Gasteiger partial charge in [-0.25, -0.2) is 0 Å². The summed E-state index contributed by atoms with van der Waals surface area (Å²) in [5.74, 6) is 1.42. The van der Waals surface area contributed by atoms with Gasteiger partial charge < -0.3 is 5.32 Å². The number of hydrogen-bond acceptors (Lipinski definition) is 1. The maximum absolute atomic E-state index is 11.8. The number of carbonyl (C=O) groups excluding carboxylic acids is 1. The highest BCUT2D eigenvalue weighted by molar-refractivity contribution is 5.78. The molecular weight excluding hydrogens is 198 g/mol. The van der Waals surface area contributed by atoms with E-state index in [0.29, 0.717) is 11.8 Å². The first-order valence-corrected chi connectivity index (χ1v) is 6.80. The summed E-state index contributed by atoms with van der Waals surface area (Å²) in [5.41, 5.74) is 0. The van der Waals surface area contributed by atoms with Crippen molar-refractivity contribution in [3.8, 4) is 0 Å². The quantitative estimate of drug-likeness (QED) is 0.674. The first kappa shape index (κ1) is 15.5. The molecule has 0 spiro atoms. The van der Waals surface area contributed by atoms with Gasteiger partial charge in [-0.2, -0.15) is 0 Å². The Morgan fingerprint density at radius 2 is 1.81 bits per heavy atom. The highest BCUT2D eigenvalue weighted by Gasteiger charge is 2.17. The van der Waals surface area contributed by atoms with Crippen LogP contribution < -0.4 is 5.32 Å². The maximum atomic E-state index is 11.8. The number of unbranched alkanes of at least 4 members (excludes halogenated alkanes) is 1. The first-order valence-electron chi connectivity index (χ1n) is 6.80. The Hall–Kier alpha value is -0.530. The molecule has 0 aliphatic rings. The van der Waals surface area contributed by atoms with Crippen LogP contribution in [0.25, 0.3) is 0 Å². The molecule has 0 aliphatic carbocycles. The van der Waals surface area contributed by atoms with Crippen LogP contribution in [-0.4, -0.2) is 12.5 Å². The molecule has 0 bridgehead atoms. The summed E-state index contributed by atoms with van der Waals surface area (Å²) in [7, 11) is 0. The highest BCUT2D eigenvalue weighted by Crippen LogP contribution is 2.13. The molecule has 0 aliphatic heterocycles. The lowest BCUT2D eigenvalue weighted by Crippen LogP contribution is -2.35. The molecule has 0 saturated carbocycles. The van der Waals surface area contributed by atoms with E-state index in [1.807, 2.05) is 6.92 Å². The fourth-order valence-electron chi connectivity index (χ4n) is 1.65. The van der Waals surface area contributed by atoms with Crippen molar-refractivity contribution in [2.45, 2.75) is 60.3 Å². The van der Waals surface area contributed by atoms with Crippen molar-refractivity contribution in [1.29, 1.82) is 0 Å². The third kappa shape index (κ3) is 6.14. The van der Waals surface area contributed by atoms with Gasteiger partial charge in [0.1, 0.15) is 0 Å². The molecule has 2 unspecified atom stereocenters. The fourth-order valence-corrected chi connectivity index (χ4v) is 1.65. The van der Waals surface area contributed by atoms with Crippen LogP contribution in [0.5, 0.6) is 0 Å². The van der Waals surface area contributed by atoms with Crippen LogP contribution >= 0.6 is 0 Å². The molecule has 1 N–H and O–H groups in total. The molecule has 1 amide bonds. The molecule has 0 saturated heterocycles. The van der Waals surface area contributed by atoms with E-state index in [1.54, 1.807) is 0 Å². The summed E-state index contributed by atoms with van der Waals surface area (Å²) in [5, 5.41) is 3.08. The lowest BCUT2D eigenvalue weighted by atomic mass is 9.96. The average molecular weight is 227 g/mol. The summed E-state index contributed by atoms with van der Waals surface area (Å²) in [6.45, 7) is 11.5. The van der Waals surface area contributed by atoms with Crippen LogP contribution in [-0.2, 0) is 4.79 Å². The van der Waals surface area contributed by atoms with Gasteiger partial charge in [-0.1, -0.05) is 53.9 Å². The zero-order valence-electron chi connectivity index (χ0n) is 11.7. The standard InChI is InChI=1S/C14H29NO/c1-6-8-9-13(7-2)10-15-14(16)12(5)11(3)4/h11-13H,6-10H2,1-5H3,(H,15,16). The van der Waals surface area contributed by atoms with Crippen LogP contribution in [0.15, 0.2) is 0 Å². The molecule has 0 rings (SSSR count). The smallest absolute Gasteiger partial charge is 0.223 e. The summed E-state index contributed by atoms with van der Waals surface area (Å²) in [6.07, 6.45) is 4.92. The Kier molecular flexibility index (Phi) is 8.32. The summed E-state index contributed by atoms with van der Waals surface area (Å²) in [6, 6.07) is 0. The van der Waals surface area contributed by atoms with E-state index in [0.717, 1.165) is 13.0 Å². The molecule has 0 radical (unpaired) electrons. The third-order valence-electron chi connectivity index (χ3n) is 3.52. The monoisotopic (exact) mass is 227 g/mol. The molecule has 0 heterocycles. The Morgan fingerprint density at radius 3 is 2.25 bits per heavy atom. The first-order chi connectivity index (χ1) is 7.52. The Morgan fingerprint density at radius 1 is 1.19 bits per heavy atom. The molecule has 96 valence electrons. The molecule has 2 atom stereocenters. The van der Waals surface area contributed by atoms with Crippen molar-refractivity contribution in [3.05, 3.63) is 0 Å². The normalized spacial score (nSPS) is 14.9. The largest absolute Gasteiger partial charge is 0.356 e. The number of nitrogens with one attached hydrogen (secondary N) is 1. The number of carbonyl (C=O) groups is 1. The second kappa shape index (κ2) is 8.60. The zero-order valence-corrected chi connectivity index (χ0v) is 11.7. The van der Waals surface area contributed by atoms with Gasteiger partial charge in [0, 0.05) is 12.5 Å². The van der Waals surface area contributed by atoms with E-state index in [1.165, 1.54) is 19.3 Å². The predicted octanol–water partition coefficient (Wildman–Crippen LogP) is 3.61. The van der Waals surface area contributed by atoms with Crippen molar-refractivity contribution in [3.63, 3.8) is 0 Å². The summed E-state index contributed by atoms with van der Waals surface area (Å²) in [4.78, 5) is 11.8. The van der Waals surface area contributed by atoms with Crippen LogP contribution in [0.1, 0.15) is 60.3 Å². The van der Waals surface area contributed by atoms with Crippen molar-refractivity contribution in [2.75, 3.05) is 6.54 Å². The lowest BCUT2D eigenvalue weighted by molar-refractivity contribution is -0.125. The van der Waals surface area contributed by atoms with Crippen molar-refractivity contribution in [1.82, 2.24) is 5.32 Å². The van der Waals surface area contributed by atoms with Gasteiger partial charge in [0.25, 0.3) is 0 Å². The number of amides is 1. The minimum absolute atomic E-state index is 0.128. The van der Waals surface area contributed by atoms with E-state index in [2.05, 4.69) is 33.0 Å². The lowest BCUT2D eigenvalue weighted by Gasteiger charge is -2.19. The predicted molar refractivity (Wildman–Crippen MR) is 70.3 cm³/mol.